The summed E-state index contributed by atoms with van der Waals surface area (Å²) in [4.78, 5) is 0. The Morgan fingerprint density at radius 2 is 2.55 bits per heavy atom. The minimum atomic E-state index is 0.522. The van der Waals surface area contributed by atoms with Gasteiger partial charge < -0.3 is 5.32 Å². The first-order chi connectivity index (χ1) is 5.38. The van der Waals surface area contributed by atoms with E-state index in [0.717, 1.165) is 13.0 Å². The van der Waals surface area contributed by atoms with Crippen LogP contribution in [0.4, 0.5) is 0 Å². The predicted molar refractivity (Wildman–Crippen MR) is 45.4 cm³/mol. The molecule has 1 atom stereocenters. The molecule has 0 spiro atoms. The normalized spacial score (nSPS) is 22.8. The van der Waals surface area contributed by atoms with Crippen LogP contribution >= 0.6 is 0 Å². The number of benzene rings is 1. The van der Waals surface area contributed by atoms with Crippen molar-refractivity contribution in [2.24, 2.45) is 0 Å². The summed E-state index contributed by atoms with van der Waals surface area (Å²) in [5.74, 6) is 0. The van der Waals surface area contributed by atoms with E-state index in [4.69, 9.17) is 0 Å². The van der Waals surface area contributed by atoms with Crippen molar-refractivity contribution in [3.63, 3.8) is 0 Å². The van der Waals surface area contributed by atoms with E-state index in [2.05, 4.69) is 30.4 Å². The molecule has 2 rings (SSSR count). The summed E-state index contributed by atoms with van der Waals surface area (Å²) in [5, 5.41) is 3.42. The Morgan fingerprint density at radius 1 is 1.64 bits per heavy atom. The number of hydrogen-bond acceptors (Lipinski definition) is 1. The highest BCUT2D eigenvalue weighted by Crippen LogP contribution is 2.20. The Labute approximate surface area is 67.4 Å². The number of rotatable bonds is 0. The maximum Gasteiger partial charge on any atom is 0.0294 e. The highest BCUT2D eigenvalue weighted by atomic mass is 14.9. The monoisotopic (exact) mass is 146 g/mol. The van der Waals surface area contributed by atoms with Gasteiger partial charge in [-0.15, -0.1) is 0 Å². The zero-order valence-corrected chi connectivity index (χ0v) is 6.72. The molecule has 57 valence electrons. The molecule has 0 fully saturated rings. The van der Waals surface area contributed by atoms with Crippen LogP contribution in [-0.4, -0.2) is 6.54 Å². The van der Waals surface area contributed by atoms with Crippen molar-refractivity contribution < 1.29 is 0 Å². The maximum absolute atomic E-state index is 3.42. The first kappa shape index (κ1) is 6.86. The third kappa shape index (κ3) is 1.16. The Hall–Kier alpha value is -0.820. The molecule has 1 heteroatoms. The first-order valence-electron chi connectivity index (χ1n) is 4.10. The molecule has 1 nitrogen and oxygen atoms in total. The smallest absolute Gasteiger partial charge is 0.0294 e. The van der Waals surface area contributed by atoms with Gasteiger partial charge in [0, 0.05) is 6.04 Å². The van der Waals surface area contributed by atoms with E-state index < -0.39 is 0 Å². The van der Waals surface area contributed by atoms with E-state index >= 15 is 0 Å². The Kier molecular flexibility index (Phi) is 1.66. The average Bonchev–Trinajstić information content (AvgIpc) is 2.06. The van der Waals surface area contributed by atoms with Gasteiger partial charge >= 0.3 is 0 Å². The van der Waals surface area contributed by atoms with Crippen LogP contribution in [0.1, 0.15) is 24.1 Å². The molecule has 1 aromatic carbocycles. The van der Waals surface area contributed by atoms with Gasteiger partial charge in [-0.25, -0.2) is 0 Å². The molecule has 1 aliphatic heterocycles. The van der Waals surface area contributed by atoms with Crippen molar-refractivity contribution in [1.82, 2.24) is 5.32 Å². The quantitative estimate of drug-likeness (QED) is 0.587. The Balaban J connectivity index is 2.44. The number of hydrogen-bond donors (Lipinski definition) is 1. The van der Waals surface area contributed by atoms with Crippen molar-refractivity contribution in [1.29, 1.82) is 0 Å². The molecular formula is C10H12N. The highest BCUT2D eigenvalue weighted by molar-refractivity contribution is 5.31. The zero-order chi connectivity index (χ0) is 7.68. The second-order valence-corrected chi connectivity index (χ2v) is 3.05. The Morgan fingerprint density at radius 3 is 3.36 bits per heavy atom. The molecule has 1 N–H and O–H groups in total. The van der Waals surface area contributed by atoms with Gasteiger partial charge in [0.05, 0.1) is 0 Å². The van der Waals surface area contributed by atoms with Gasteiger partial charge in [-0.1, -0.05) is 18.2 Å². The van der Waals surface area contributed by atoms with Crippen molar-refractivity contribution in [3.05, 3.63) is 35.4 Å². The standard InChI is InChI=1S/C10H12N/c1-8-10-5-3-2-4-9(10)6-7-11-8/h3-5,8,11H,6-7H2,1H3. The van der Waals surface area contributed by atoms with Gasteiger partial charge in [0.2, 0.25) is 0 Å². The molecule has 1 radical (unpaired) electrons. The van der Waals surface area contributed by atoms with Crippen LogP contribution in [0.25, 0.3) is 0 Å². The van der Waals surface area contributed by atoms with Crippen LogP contribution in [0.15, 0.2) is 18.2 Å². The fourth-order valence-corrected chi connectivity index (χ4v) is 1.65. The molecule has 1 aliphatic rings. The van der Waals surface area contributed by atoms with E-state index in [9.17, 15) is 0 Å². The fourth-order valence-electron chi connectivity index (χ4n) is 1.65. The van der Waals surface area contributed by atoms with Gasteiger partial charge in [0.25, 0.3) is 0 Å². The highest BCUT2D eigenvalue weighted by Gasteiger charge is 2.13. The minimum absolute atomic E-state index is 0.522. The Bertz CT molecular complexity index is 255. The molecule has 0 aromatic heterocycles. The predicted octanol–water partition coefficient (Wildman–Crippen LogP) is 1.69. The average molecular weight is 146 g/mol. The molecule has 0 bridgehead atoms. The van der Waals surface area contributed by atoms with Crippen LogP contribution < -0.4 is 5.32 Å². The van der Waals surface area contributed by atoms with Crippen LogP contribution in [0.5, 0.6) is 0 Å². The molecular weight excluding hydrogens is 134 g/mol. The van der Waals surface area contributed by atoms with Crippen molar-refractivity contribution in [3.8, 4) is 0 Å². The molecule has 0 aliphatic carbocycles. The van der Waals surface area contributed by atoms with Gasteiger partial charge in [-0.3, -0.25) is 0 Å². The molecule has 1 heterocycles. The summed E-state index contributed by atoms with van der Waals surface area (Å²) in [6.07, 6.45) is 1.15. The van der Waals surface area contributed by atoms with Crippen LogP contribution in [-0.2, 0) is 6.42 Å². The van der Waals surface area contributed by atoms with Crippen molar-refractivity contribution >= 4 is 0 Å². The SMILES string of the molecule is CC1NCCc2c[c]ccc21. The third-order valence-electron chi connectivity index (χ3n) is 2.30. The van der Waals surface area contributed by atoms with Gasteiger partial charge in [-0.2, -0.15) is 0 Å². The summed E-state index contributed by atoms with van der Waals surface area (Å²) < 4.78 is 0. The summed E-state index contributed by atoms with van der Waals surface area (Å²) in [6, 6.07) is 9.89. The summed E-state index contributed by atoms with van der Waals surface area (Å²) in [6.45, 7) is 3.31. The van der Waals surface area contributed by atoms with Gasteiger partial charge in [0.15, 0.2) is 0 Å². The van der Waals surface area contributed by atoms with Gasteiger partial charge in [-0.05, 0) is 37.1 Å². The van der Waals surface area contributed by atoms with E-state index in [1.54, 1.807) is 0 Å². The first-order valence-corrected chi connectivity index (χ1v) is 4.10. The van der Waals surface area contributed by atoms with E-state index in [-0.39, 0.29) is 0 Å². The lowest BCUT2D eigenvalue weighted by atomic mass is 9.96. The lowest BCUT2D eigenvalue weighted by molar-refractivity contribution is 0.541. The van der Waals surface area contributed by atoms with Crippen LogP contribution in [0, 0.1) is 6.07 Å². The molecule has 1 unspecified atom stereocenters. The molecule has 0 saturated heterocycles. The van der Waals surface area contributed by atoms with Crippen molar-refractivity contribution in [2.75, 3.05) is 6.54 Å². The maximum atomic E-state index is 3.42. The third-order valence-corrected chi connectivity index (χ3v) is 2.30. The second kappa shape index (κ2) is 2.67. The fraction of sp³-hybridized carbons (Fsp3) is 0.400. The second-order valence-electron chi connectivity index (χ2n) is 3.05. The summed E-state index contributed by atoms with van der Waals surface area (Å²) >= 11 is 0. The molecule has 11 heavy (non-hydrogen) atoms. The summed E-state index contributed by atoms with van der Waals surface area (Å²) in [7, 11) is 0. The van der Waals surface area contributed by atoms with E-state index in [1.807, 2.05) is 6.07 Å². The number of fused-ring (bicyclic) bond motifs is 1. The van der Waals surface area contributed by atoms with Gasteiger partial charge in [0.1, 0.15) is 0 Å². The van der Waals surface area contributed by atoms with Crippen molar-refractivity contribution in [2.45, 2.75) is 19.4 Å². The van der Waals surface area contributed by atoms with Crippen LogP contribution in [0.3, 0.4) is 0 Å². The zero-order valence-electron chi connectivity index (χ0n) is 6.72. The van der Waals surface area contributed by atoms with E-state index in [0.29, 0.717) is 6.04 Å². The summed E-state index contributed by atoms with van der Waals surface area (Å²) in [5.41, 5.74) is 2.90. The topological polar surface area (TPSA) is 12.0 Å². The molecule has 0 amide bonds. The lowest BCUT2D eigenvalue weighted by Crippen LogP contribution is -2.27. The molecule has 1 aromatic rings. The number of nitrogens with one attached hydrogen (secondary N) is 1. The minimum Gasteiger partial charge on any atom is -0.310 e. The van der Waals surface area contributed by atoms with Crippen LogP contribution in [0.2, 0.25) is 0 Å². The molecule has 0 saturated carbocycles. The van der Waals surface area contributed by atoms with E-state index in [1.165, 1.54) is 11.1 Å². The largest absolute Gasteiger partial charge is 0.310 e. The lowest BCUT2D eigenvalue weighted by Gasteiger charge is -2.23.